The summed E-state index contributed by atoms with van der Waals surface area (Å²) >= 11 is 6.06. The zero-order valence-corrected chi connectivity index (χ0v) is 13.3. The summed E-state index contributed by atoms with van der Waals surface area (Å²) in [6.45, 7) is 3.84. The summed E-state index contributed by atoms with van der Waals surface area (Å²) in [6.07, 6.45) is 2.97. The molecule has 1 aromatic carbocycles. The van der Waals surface area contributed by atoms with Gasteiger partial charge in [0.25, 0.3) is 0 Å². The Morgan fingerprint density at radius 2 is 2.10 bits per heavy atom. The van der Waals surface area contributed by atoms with Crippen molar-refractivity contribution >= 4 is 23.3 Å². The van der Waals surface area contributed by atoms with Crippen molar-refractivity contribution in [3.63, 3.8) is 0 Å². The quantitative estimate of drug-likeness (QED) is 0.684. The summed E-state index contributed by atoms with van der Waals surface area (Å²) in [6, 6.07) is 4.94. The van der Waals surface area contributed by atoms with E-state index in [0.717, 1.165) is 25.9 Å². The van der Waals surface area contributed by atoms with Crippen molar-refractivity contribution in [3.8, 4) is 5.75 Å². The van der Waals surface area contributed by atoms with Crippen molar-refractivity contribution in [2.24, 2.45) is 0 Å². The lowest BCUT2D eigenvalue weighted by molar-refractivity contribution is 0.192. The summed E-state index contributed by atoms with van der Waals surface area (Å²) in [5, 5.41) is 6.02. The van der Waals surface area contributed by atoms with E-state index < -0.39 is 0 Å². The van der Waals surface area contributed by atoms with Crippen molar-refractivity contribution < 1.29 is 14.3 Å². The number of urea groups is 1. The molecule has 0 fully saturated rings. The van der Waals surface area contributed by atoms with Gasteiger partial charge >= 0.3 is 6.03 Å². The van der Waals surface area contributed by atoms with Gasteiger partial charge in [-0.25, -0.2) is 4.79 Å². The standard InChI is InChI=1S/C15H23ClN2O3/c1-3-21-14-8-7-12(11-13(14)16)18-15(19)17-9-5-4-6-10-20-2/h7-8,11H,3-6,9-10H2,1-2H3,(H2,17,18,19). The van der Waals surface area contributed by atoms with Crippen LogP contribution in [0.1, 0.15) is 26.2 Å². The molecule has 5 nitrogen and oxygen atoms in total. The van der Waals surface area contributed by atoms with Crippen LogP contribution < -0.4 is 15.4 Å². The fourth-order valence-corrected chi connectivity index (χ4v) is 2.01. The molecule has 0 aliphatic heterocycles. The molecular formula is C15H23ClN2O3. The summed E-state index contributed by atoms with van der Waals surface area (Å²) in [5.41, 5.74) is 0.639. The number of hydrogen-bond donors (Lipinski definition) is 2. The zero-order chi connectivity index (χ0) is 15.5. The fraction of sp³-hybridized carbons (Fsp3) is 0.533. The molecule has 0 saturated heterocycles. The van der Waals surface area contributed by atoms with Crippen LogP contribution in [0, 0.1) is 0 Å². The first-order chi connectivity index (χ1) is 10.2. The maximum atomic E-state index is 11.7. The van der Waals surface area contributed by atoms with E-state index in [0.29, 0.717) is 29.6 Å². The third kappa shape index (κ3) is 7.20. The van der Waals surface area contributed by atoms with Crippen LogP contribution in [0.15, 0.2) is 18.2 Å². The highest BCUT2D eigenvalue weighted by Gasteiger charge is 2.05. The van der Waals surface area contributed by atoms with E-state index in [9.17, 15) is 4.79 Å². The number of hydrogen-bond acceptors (Lipinski definition) is 3. The topological polar surface area (TPSA) is 59.6 Å². The van der Waals surface area contributed by atoms with Crippen molar-refractivity contribution in [1.29, 1.82) is 0 Å². The first-order valence-electron chi connectivity index (χ1n) is 7.13. The highest BCUT2D eigenvalue weighted by atomic mass is 35.5. The molecule has 6 heteroatoms. The number of rotatable bonds is 9. The molecule has 1 aromatic rings. The number of nitrogens with one attached hydrogen (secondary N) is 2. The Balaban J connectivity index is 2.29. The molecule has 0 bridgehead atoms. The molecule has 0 spiro atoms. The molecule has 21 heavy (non-hydrogen) atoms. The van der Waals surface area contributed by atoms with Crippen LogP contribution in [0.2, 0.25) is 5.02 Å². The Morgan fingerprint density at radius 3 is 2.76 bits per heavy atom. The molecule has 0 saturated carbocycles. The summed E-state index contributed by atoms with van der Waals surface area (Å²) in [4.78, 5) is 11.7. The van der Waals surface area contributed by atoms with Crippen LogP contribution in [0.25, 0.3) is 0 Å². The fourth-order valence-electron chi connectivity index (χ4n) is 1.78. The minimum atomic E-state index is -0.234. The molecule has 0 aromatic heterocycles. The lowest BCUT2D eigenvalue weighted by Gasteiger charge is -2.10. The van der Waals surface area contributed by atoms with Gasteiger partial charge in [-0.1, -0.05) is 11.6 Å². The van der Waals surface area contributed by atoms with Gasteiger partial charge in [-0.05, 0) is 44.4 Å². The highest BCUT2D eigenvalue weighted by Crippen LogP contribution is 2.27. The van der Waals surface area contributed by atoms with Gasteiger partial charge in [0.1, 0.15) is 5.75 Å². The number of carbonyl (C=O) groups excluding carboxylic acids is 1. The van der Waals surface area contributed by atoms with E-state index in [1.165, 1.54) is 0 Å². The minimum Gasteiger partial charge on any atom is -0.492 e. The van der Waals surface area contributed by atoms with Gasteiger partial charge in [0.05, 0.1) is 11.6 Å². The van der Waals surface area contributed by atoms with Crippen LogP contribution in [-0.4, -0.2) is 32.9 Å². The molecule has 1 rings (SSSR count). The monoisotopic (exact) mass is 314 g/mol. The number of methoxy groups -OCH3 is 1. The SMILES string of the molecule is CCOc1ccc(NC(=O)NCCCCCOC)cc1Cl. The van der Waals surface area contributed by atoms with Gasteiger partial charge in [0.2, 0.25) is 0 Å². The molecule has 2 amide bonds. The van der Waals surface area contributed by atoms with Gasteiger partial charge in [0.15, 0.2) is 0 Å². The Morgan fingerprint density at radius 1 is 1.29 bits per heavy atom. The molecule has 0 aliphatic carbocycles. The smallest absolute Gasteiger partial charge is 0.319 e. The van der Waals surface area contributed by atoms with Crippen LogP contribution in [-0.2, 0) is 4.74 Å². The minimum absolute atomic E-state index is 0.234. The van der Waals surface area contributed by atoms with Crippen LogP contribution in [0.5, 0.6) is 5.75 Å². The third-order valence-electron chi connectivity index (χ3n) is 2.80. The number of carbonyl (C=O) groups is 1. The molecule has 0 heterocycles. The van der Waals surface area contributed by atoms with Crippen LogP contribution in [0.3, 0.4) is 0 Å². The Kier molecular flexibility index (Phi) is 8.62. The second-order valence-electron chi connectivity index (χ2n) is 4.51. The predicted molar refractivity (Wildman–Crippen MR) is 85.4 cm³/mol. The second-order valence-corrected chi connectivity index (χ2v) is 4.92. The lowest BCUT2D eigenvalue weighted by atomic mass is 10.2. The van der Waals surface area contributed by atoms with E-state index >= 15 is 0 Å². The normalized spacial score (nSPS) is 10.2. The Labute approximate surface area is 131 Å². The maximum absolute atomic E-state index is 11.7. The predicted octanol–water partition coefficient (Wildman–Crippen LogP) is 3.68. The number of amides is 2. The Hall–Kier alpha value is -1.46. The zero-order valence-electron chi connectivity index (χ0n) is 12.6. The molecule has 2 N–H and O–H groups in total. The number of unbranched alkanes of at least 4 members (excludes halogenated alkanes) is 2. The third-order valence-corrected chi connectivity index (χ3v) is 3.10. The average molecular weight is 315 g/mol. The molecule has 0 unspecified atom stereocenters. The van der Waals surface area contributed by atoms with E-state index in [2.05, 4.69) is 10.6 Å². The average Bonchev–Trinajstić information content (AvgIpc) is 2.46. The van der Waals surface area contributed by atoms with E-state index in [-0.39, 0.29) is 6.03 Å². The Bertz CT molecular complexity index is 441. The van der Waals surface area contributed by atoms with E-state index in [1.54, 1.807) is 25.3 Å². The summed E-state index contributed by atoms with van der Waals surface area (Å²) in [5.74, 6) is 0.614. The van der Waals surface area contributed by atoms with Crippen molar-refractivity contribution in [2.45, 2.75) is 26.2 Å². The van der Waals surface area contributed by atoms with Crippen molar-refractivity contribution in [2.75, 3.05) is 32.2 Å². The van der Waals surface area contributed by atoms with Gasteiger partial charge in [0, 0.05) is 25.9 Å². The molecule has 118 valence electrons. The molecule has 0 radical (unpaired) electrons. The van der Waals surface area contributed by atoms with Crippen molar-refractivity contribution in [3.05, 3.63) is 23.2 Å². The van der Waals surface area contributed by atoms with Crippen LogP contribution in [0.4, 0.5) is 10.5 Å². The van der Waals surface area contributed by atoms with Crippen LogP contribution >= 0.6 is 11.6 Å². The molecule has 0 aliphatic rings. The maximum Gasteiger partial charge on any atom is 0.319 e. The van der Waals surface area contributed by atoms with E-state index in [4.69, 9.17) is 21.1 Å². The number of anilines is 1. The lowest BCUT2D eigenvalue weighted by Crippen LogP contribution is -2.29. The largest absolute Gasteiger partial charge is 0.492 e. The van der Waals surface area contributed by atoms with E-state index in [1.807, 2.05) is 6.92 Å². The molecular weight excluding hydrogens is 292 g/mol. The molecule has 0 atom stereocenters. The number of benzene rings is 1. The summed E-state index contributed by atoms with van der Waals surface area (Å²) < 4.78 is 10.3. The first kappa shape index (κ1) is 17.6. The second kappa shape index (κ2) is 10.3. The van der Waals surface area contributed by atoms with Crippen molar-refractivity contribution in [1.82, 2.24) is 5.32 Å². The number of halogens is 1. The van der Waals surface area contributed by atoms with Gasteiger partial charge in [-0.3, -0.25) is 0 Å². The number of ether oxygens (including phenoxy) is 2. The van der Waals surface area contributed by atoms with Gasteiger partial charge in [-0.15, -0.1) is 0 Å². The van der Waals surface area contributed by atoms with Gasteiger partial charge < -0.3 is 20.1 Å². The highest BCUT2D eigenvalue weighted by molar-refractivity contribution is 6.32. The summed E-state index contributed by atoms with van der Waals surface area (Å²) in [7, 11) is 1.69. The first-order valence-corrected chi connectivity index (χ1v) is 7.51. The van der Waals surface area contributed by atoms with Gasteiger partial charge in [-0.2, -0.15) is 0 Å².